The summed E-state index contributed by atoms with van der Waals surface area (Å²) in [6, 6.07) is 12.2. The molecule has 0 bridgehead atoms. The highest BCUT2D eigenvalue weighted by Crippen LogP contribution is 2.37. The van der Waals surface area contributed by atoms with Crippen LogP contribution in [-0.2, 0) is 11.3 Å². The molecule has 1 aromatic heterocycles. The van der Waals surface area contributed by atoms with Gasteiger partial charge in [0.2, 0.25) is 0 Å². The quantitative estimate of drug-likeness (QED) is 0.558. The van der Waals surface area contributed by atoms with Crippen LogP contribution in [0.3, 0.4) is 0 Å². The second kappa shape index (κ2) is 9.99. The van der Waals surface area contributed by atoms with Crippen molar-refractivity contribution in [2.24, 2.45) is 4.99 Å². The van der Waals surface area contributed by atoms with Gasteiger partial charge >= 0.3 is 0 Å². The Morgan fingerprint density at radius 1 is 1.25 bits per heavy atom. The normalized spacial score (nSPS) is 13.4. The van der Waals surface area contributed by atoms with E-state index in [9.17, 15) is 0 Å². The largest absolute Gasteiger partial charge is 0.490 e. The summed E-state index contributed by atoms with van der Waals surface area (Å²) in [4.78, 5) is 5.44. The van der Waals surface area contributed by atoms with Crippen molar-refractivity contribution in [3.8, 4) is 5.75 Å². The van der Waals surface area contributed by atoms with Crippen LogP contribution in [-0.4, -0.2) is 29.1 Å². The average molecular weight is 401 g/mol. The molecule has 0 saturated heterocycles. The lowest BCUT2D eigenvalue weighted by Gasteiger charge is -2.22. The standard InChI is InChI=1S/C23H32N2O2S/c1-17(2)25-14-21(28-23(4,5)6)20(13-22(25)24-7)27-15-18(3)26-16-19-11-9-8-10-12-19/h8-14,18H,1,15-16H2,2-7H3/t18-/m0/s1. The maximum Gasteiger partial charge on any atom is 0.138 e. The van der Waals surface area contributed by atoms with Crippen LogP contribution < -0.4 is 10.2 Å². The summed E-state index contributed by atoms with van der Waals surface area (Å²) in [5.74, 6) is 0.827. The molecule has 0 radical (unpaired) electrons. The van der Waals surface area contributed by atoms with E-state index in [1.54, 1.807) is 18.8 Å². The van der Waals surface area contributed by atoms with Gasteiger partial charge < -0.3 is 14.0 Å². The molecule has 5 heteroatoms. The Morgan fingerprint density at radius 3 is 2.50 bits per heavy atom. The lowest BCUT2D eigenvalue weighted by Crippen LogP contribution is -2.23. The Hall–Kier alpha value is -1.98. The number of thioether (sulfide) groups is 1. The number of rotatable bonds is 8. The molecule has 0 aliphatic carbocycles. The lowest BCUT2D eigenvalue weighted by atomic mass is 10.2. The predicted octanol–water partition coefficient (Wildman–Crippen LogP) is 5.38. The third kappa shape index (κ3) is 6.88. The van der Waals surface area contributed by atoms with E-state index >= 15 is 0 Å². The third-order valence-electron chi connectivity index (χ3n) is 3.90. The molecule has 0 N–H and O–H groups in total. The zero-order chi connectivity index (χ0) is 20.7. The molecule has 2 rings (SSSR count). The SMILES string of the molecule is C=C(C)n1cc(SC(C)(C)C)c(OC[C@H](C)OCc2ccccc2)cc1=NC. The van der Waals surface area contributed by atoms with Crippen LogP contribution in [0.25, 0.3) is 5.70 Å². The van der Waals surface area contributed by atoms with Gasteiger partial charge in [0.1, 0.15) is 17.8 Å². The van der Waals surface area contributed by atoms with E-state index < -0.39 is 0 Å². The summed E-state index contributed by atoms with van der Waals surface area (Å²) >= 11 is 1.77. The number of ether oxygens (including phenoxy) is 2. The zero-order valence-corrected chi connectivity index (χ0v) is 18.7. The van der Waals surface area contributed by atoms with Gasteiger partial charge in [-0.3, -0.25) is 4.99 Å². The number of nitrogens with zero attached hydrogens (tertiary/aromatic N) is 2. The van der Waals surface area contributed by atoms with Gasteiger partial charge in [0.15, 0.2) is 0 Å². The molecule has 0 unspecified atom stereocenters. The topological polar surface area (TPSA) is 35.8 Å². The second-order valence-electron chi connectivity index (χ2n) is 7.82. The average Bonchev–Trinajstić information content (AvgIpc) is 2.64. The monoisotopic (exact) mass is 400 g/mol. The first-order chi connectivity index (χ1) is 13.2. The first-order valence-corrected chi connectivity index (χ1v) is 10.3. The molecule has 28 heavy (non-hydrogen) atoms. The van der Waals surface area contributed by atoms with Gasteiger partial charge in [-0.2, -0.15) is 0 Å². The van der Waals surface area contributed by atoms with Gasteiger partial charge in [0.05, 0.1) is 17.6 Å². The van der Waals surface area contributed by atoms with Crippen molar-refractivity contribution in [2.45, 2.75) is 57.0 Å². The maximum absolute atomic E-state index is 6.16. The summed E-state index contributed by atoms with van der Waals surface area (Å²) in [7, 11) is 1.78. The van der Waals surface area contributed by atoms with Crippen LogP contribution in [0.4, 0.5) is 0 Å². The molecule has 0 amide bonds. The minimum Gasteiger partial charge on any atom is -0.490 e. The maximum atomic E-state index is 6.16. The van der Waals surface area contributed by atoms with Crippen molar-refractivity contribution >= 4 is 17.5 Å². The van der Waals surface area contributed by atoms with Gasteiger partial charge in [0, 0.05) is 29.8 Å². The van der Waals surface area contributed by atoms with Crippen molar-refractivity contribution in [1.29, 1.82) is 0 Å². The number of benzene rings is 1. The summed E-state index contributed by atoms with van der Waals surface area (Å²) in [6.45, 7) is 15.7. The number of hydrogen-bond donors (Lipinski definition) is 0. The Kier molecular flexibility index (Phi) is 7.96. The molecule has 0 aliphatic rings. The van der Waals surface area contributed by atoms with E-state index in [0.717, 1.165) is 27.4 Å². The summed E-state index contributed by atoms with van der Waals surface area (Å²) in [6.07, 6.45) is 2.04. The molecule has 1 atom stereocenters. The molecule has 152 valence electrons. The first-order valence-electron chi connectivity index (χ1n) is 9.52. The highest BCUT2D eigenvalue weighted by atomic mass is 32.2. The molecular formula is C23H32N2O2S. The third-order valence-corrected chi connectivity index (χ3v) is 5.04. The van der Waals surface area contributed by atoms with Gasteiger partial charge in [-0.05, 0) is 19.4 Å². The Balaban J connectivity index is 2.14. The van der Waals surface area contributed by atoms with Crippen LogP contribution in [0.5, 0.6) is 5.75 Å². The molecule has 0 aliphatic heterocycles. The molecule has 2 aromatic rings. The van der Waals surface area contributed by atoms with E-state index in [-0.39, 0.29) is 10.9 Å². The van der Waals surface area contributed by atoms with Crippen LogP contribution in [0.15, 0.2) is 59.1 Å². The molecule has 4 nitrogen and oxygen atoms in total. The minimum atomic E-state index is -0.0248. The number of hydrogen-bond acceptors (Lipinski definition) is 4. The van der Waals surface area contributed by atoms with Crippen molar-refractivity contribution in [3.63, 3.8) is 0 Å². The van der Waals surface area contributed by atoms with E-state index in [4.69, 9.17) is 9.47 Å². The number of pyridine rings is 1. The van der Waals surface area contributed by atoms with Crippen LogP contribution in [0.2, 0.25) is 0 Å². The van der Waals surface area contributed by atoms with Crippen LogP contribution >= 0.6 is 11.8 Å². The number of allylic oxidation sites excluding steroid dienone is 1. The van der Waals surface area contributed by atoms with E-state index in [1.165, 1.54) is 0 Å². The van der Waals surface area contributed by atoms with E-state index in [1.807, 2.05) is 42.7 Å². The molecule has 1 heterocycles. The molecule has 0 saturated carbocycles. The van der Waals surface area contributed by atoms with Gasteiger partial charge in [0.25, 0.3) is 0 Å². The van der Waals surface area contributed by atoms with Gasteiger partial charge in [-0.15, -0.1) is 11.8 Å². The van der Waals surface area contributed by atoms with Crippen molar-refractivity contribution in [2.75, 3.05) is 13.7 Å². The zero-order valence-electron chi connectivity index (χ0n) is 17.9. The van der Waals surface area contributed by atoms with Gasteiger partial charge in [-0.25, -0.2) is 0 Å². The Labute approximate surface area is 173 Å². The molecule has 1 aromatic carbocycles. The van der Waals surface area contributed by atoms with Crippen LogP contribution in [0.1, 0.15) is 40.2 Å². The minimum absolute atomic E-state index is 0.0248. The fraction of sp³-hybridized carbons (Fsp3) is 0.435. The van der Waals surface area contributed by atoms with Crippen molar-refractivity contribution in [1.82, 2.24) is 4.57 Å². The summed E-state index contributed by atoms with van der Waals surface area (Å²) < 4.78 is 14.2. The smallest absolute Gasteiger partial charge is 0.138 e. The second-order valence-corrected chi connectivity index (χ2v) is 9.69. The van der Waals surface area contributed by atoms with Gasteiger partial charge in [-0.1, -0.05) is 57.7 Å². The fourth-order valence-electron chi connectivity index (χ4n) is 2.57. The molecule has 0 spiro atoms. The van der Waals surface area contributed by atoms with Crippen LogP contribution in [0, 0.1) is 0 Å². The fourth-order valence-corrected chi connectivity index (χ4v) is 3.61. The van der Waals surface area contributed by atoms with E-state index in [2.05, 4.69) is 50.7 Å². The lowest BCUT2D eigenvalue weighted by molar-refractivity contribution is 0.0207. The summed E-state index contributed by atoms with van der Waals surface area (Å²) in [5, 5.41) is 0. The number of aromatic nitrogens is 1. The Bertz CT molecular complexity index is 851. The first kappa shape index (κ1) is 22.3. The van der Waals surface area contributed by atoms with Crippen molar-refractivity contribution in [3.05, 3.63) is 60.2 Å². The highest BCUT2D eigenvalue weighted by Gasteiger charge is 2.18. The Morgan fingerprint density at radius 2 is 1.93 bits per heavy atom. The molecule has 0 fully saturated rings. The predicted molar refractivity (Wildman–Crippen MR) is 119 cm³/mol. The van der Waals surface area contributed by atoms with Crippen molar-refractivity contribution < 1.29 is 9.47 Å². The molecular weight excluding hydrogens is 368 g/mol. The summed E-state index contributed by atoms with van der Waals surface area (Å²) in [5.41, 5.74) is 2.90. The highest BCUT2D eigenvalue weighted by molar-refractivity contribution is 8.00. The van der Waals surface area contributed by atoms with E-state index in [0.29, 0.717) is 13.2 Å².